The van der Waals surface area contributed by atoms with Crippen molar-refractivity contribution in [1.29, 1.82) is 0 Å². The molecule has 1 N–H and O–H groups in total. The van der Waals surface area contributed by atoms with Gasteiger partial charge in [-0.2, -0.15) is 10.1 Å². The van der Waals surface area contributed by atoms with Gasteiger partial charge in [-0.15, -0.1) is 0 Å². The van der Waals surface area contributed by atoms with E-state index in [1.54, 1.807) is 24.3 Å². The molecule has 4 rings (SSSR count). The van der Waals surface area contributed by atoms with Crippen molar-refractivity contribution in [2.24, 2.45) is 10.9 Å². The standard InChI is InChI=1S/C19H14N4O2/c1-11-6-8-12(9-7-11)16(22-19-20-10-21-23-19)15-17(24)13-4-2-3-5-14(13)18(15)25/h2-10,15H,1H3,(H,20,21,23)/b22-16+. The molecule has 6 heteroatoms. The summed E-state index contributed by atoms with van der Waals surface area (Å²) in [6.07, 6.45) is 1.33. The zero-order valence-corrected chi connectivity index (χ0v) is 13.4. The van der Waals surface area contributed by atoms with Crippen molar-refractivity contribution < 1.29 is 9.59 Å². The van der Waals surface area contributed by atoms with Crippen molar-refractivity contribution in [2.45, 2.75) is 6.92 Å². The maximum atomic E-state index is 12.9. The highest BCUT2D eigenvalue weighted by Crippen LogP contribution is 2.30. The van der Waals surface area contributed by atoms with Crippen LogP contribution in [0.1, 0.15) is 31.8 Å². The second-order valence-corrected chi connectivity index (χ2v) is 5.88. The molecular formula is C19H14N4O2. The topological polar surface area (TPSA) is 88.1 Å². The van der Waals surface area contributed by atoms with Crippen LogP contribution in [0.25, 0.3) is 0 Å². The molecular weight excluding hydrogens is 316 g/mol. The summed E-state index contributed by atoms with van der Waals surface area (Å²) >= 11 is 0. The Balaban J connectivity index is 1.86. The Kier molecular flexibility index (Phi) is 3.57. The zero-order chi connectivity index (χ0) is 17.4. The van der Waals surface area contributed by atoms with E-state index in [0.717, 1.165) is 5.56 Å². The molecule has 0 saturated carbocycles. The lowest BCUT2D eigenvalue weighted by Gasteiger charge is -2.11. The van der Waals surface area contributed by atoms with Crippen LogP contribution in [0.15, 0.2) is 59.9 Å². The number of hydrogen-bond donors (Lipinski definition) is 1. The lowest BCUT2D eigenvalue weighted by molar-refractivity contribution is 0.0884. The van der Waals surface area contributed by atoms with E-state index in [1.165, 1.54) is 6.33 Å². The predicted octanol–water partition coefficient (Wildman–Crippen LogP) is 2.93. The Morgan fingerprint density at radius 3 is 2.20 bits per heavy atom. The fourth-order valence-corrected chi connectivity index (χ4v) is 2.98. The summed E-state index contributed by atoms with van der Waals surface area (Å²) in [7, 11) is 0. The molecule has 0 amide bonds. The molecule has 1 aromatic heterocycles. The first-order valence-corrected chi connectivity index (χ1v) is 7.83. The van der Waals surface area contributed by atoms with Crippen LogP contribution in [-0.2, 0) is 0 Å². The van der Waals surface area contributed by atoms with E-state index in [9.17, 15) is 9.59 Å². The number of aliphatic imine (C=N–C) groups is 1. The summed E-state index contributed by atoms with van der Waals surface area (Å²) in [5, 5.41) is 6.43. The van der Waals surface area contributed by atoms with Crippen LogP contribution in [0.2, 0.25) is 0 Å². The minimum atomic E-state index is -0.967. The monoisotopic (exact) mass is 330 g/mol. The Bertz CT molecular complexity index is 954. The van der Waals surface area contributed by atoms with Gasteiger partial charge in [-0.05, 0) is 12.5 Å². The number of fused-ring (bicyclic) bond motifs is 1. The Morgan fingerprint density at radius 1 is 1.00 bits per heavy atom. The van der Waals surface area contributed by atoms with E-state index in [2.05, 4.69) is 20.2 Å². The second kappa shape index (κ2) is 5.90. The van der Waals surface area contributed by atoms with Crippen LogP contribution < -0.4 is 0 Å². The van der Waals surface area contributed by atoms with Crippen LogP contribution in [0.5, 0.6) is 0 Å². The quantitative estimate of drug-likeness (QED) is 0.591. The van der Waals surface area contributed by atoms with Crippen LogP contribution in [0, 0.1) is 12.8 Å². The number of H-pyrrole nitrogens is 1. The number of aryl methyl sites for hydroxylation is 1. The molecule has 0 radical (unpaired) electrons. The molecule has 3 aromatic rings. The van der Waals surface area contributed by atoms with Crippen LogP contribution in [0.4, 0.5) is 5.95 Å². The maximum absolute atomic E-state index is 12.9. The van der Waals surface area contributed by atoms with E-state index in [1.807, 2.05) is 31.2 Å². The second-order valence-electron chi connectivity index (χ2n) is 5.88. The molecule has 25 heavy (non-hydrogen) atoms. The van der Waals surface area contributed by atoms with E-state index >= 15 is 0 Å². The molecule has 0 saturated heterocycles. The number of Topliss-reactive ketones (excluding diaryl/α,β-unsaturated/α-hetero) is 2. The van der Waals surface area contributed by atoms with Gasteiger partial charge in [0, 0.05) is 11.1 Å². The van der Waals surface area contributed by atoms with E-state index in [4.69, 9.17) is 0 Å². The highest BCUT2D eigenvalue weighted by atomic mass is 16.2. The first-order chi connectivity index (χ1) is 12.1. The van der Waals surface area contributed by atoms with Crippen molar-refractivity contribution >= 4 is 23.2 Å². The van der Waals surface area contributed by atoms with Crippen molar-refractivity contribution in [1.82, 2.24) is 15.2 Å². The normalized spacial score (nSPS) is 14.8. The number of ketones is 2. The summed E-state index contributed by atoms with van der Waals surface area (Å²) in [5.41, 5.74) is 3.05. The van der Waals surface area contributed by atoms with Gasteiger partial charge in [0.25, 0.3) is 0 Å². The van der Waals surface area contributed by atoms with Crippen LogP contribution >= 0.6 is 0 Å². The van der Waals surface area contributed by atoms with Crippen molar-refractivity contribution in [3.63, 3.8) is 0 Å². The minimum absolute atomic E-state index is 0.237. The minimum Gasteiger partial charge on any atom is -0.293 e. The fraction of sp³-hybridized carbons (Fsp3) is 0.105. The molecule has 0 aliphatic heterocycles. The van der Waals surface area contributed by atoms with Gasteiger partial charge in [0.05, 0.1) is 5.71 Å². The predicted molar refractivity (Wildman–Crippen MR) is 92.4 cm³/mol. The largest absolute Gasteiger partial charge is 0.293 e. The summed E-state index contributed by atoms with van der Waals surface area (Å²) in [6, 6.07) is 14.4. The van der Waals surface area contributed by atoms with Crippen molar-refractivity contribution in [3.05, 3.63) is 77.1 Å². The molecule has 0 unspecified atom stereocenters. The average molecular weight is 330 g/mol. The number of carbonyl (C=O) groups excluding carboxylic acids is 2. The number of rotatable bonds is 3. The lowest BCUT2D eigenvalue weighted by atomic mass is 9.92. The summed E-state index contributed by atoms with van der Waals surface area (Å²) < 4.78 is 0. The Morgan fingerprint density at radius 2 is 1.64 bits per heavy atom. The van der Waals surface area contributed by atoms with Gasteiger partial charge in [0.1, 0.15) is 12.2 Å². The summed E-state index contributed by atoms with van der Waals surface area (Å²) in [5.74, 6) is -1.18. The van der Waals surface area contributed by atoms with Gasteiger partial charge in [-0.1, -0.05) is 54.1 Å². The Hall–Kier alpha value is -3.41. The van der Waals surface area contributed by atoms with Gasteiger partial charge < -0.3 is 0 Å². The smallest absolute Gasteiger partial charge is 0.245 e. The first-order valence-electron chi connectivity index (χ1n) is 7.83. The first kappa shape index (κ1) is 15.1. The fourth-order valence-electron chi connectivity index (χ4n) is 2.98. The number of benzene rings is 2. The Labute approximate surface area is 143 Å². The van der Waals surface area contributed by atoms with Gasteiger partial charge >= 0.3 is 0 Å². The van der Waals surface area contributed by atoms with E-state index in [0.29, 0.717) is 22.4 Å². The van der Waals surface area contributed by atoms with E-state index < -0.39 is 5.92 Å². The third-order valence-electron chi connectivity index (χ3n) is 4.23. The van der Waals surface area contributed by atoms with Gasteiger partial charge in [-0.3, -0.25) is 9.59 Å². The molecule has 122 valence electrons. The highest BCUT2D eigenvalue weighted by Gasteiger charge is 2.42. The van der Waals surface area contributed by atoms with Crippen LogP contribution in [0.3, 0.4) is 0 Å². The number of hydrogen-bond acceptors (Lipinski definition) is 5. The van der Waals surface area contributed by atoms with Gasteiger partial charge in [-0.25, -0.2) is 10.1 Å². The third kappa shape index (κ3) is 2.57. The SMILES string of the molecule is Cc1ccc(/C(=N\c2ncn[nH]2)C2C(=O)c3ccccc3C2=O)cc1. The lowest BCUT2D eigenvalue weighted by Crippen LogP contribution is -2.26. The number of nitrogens with one attached hydrogen (secondary N) is 1. The molecule has 0 bridgehead atoms. The van der Waals surface area contributed by atoms with Crippen molar-refractivity contribution in [3.8, 4) is 0 Å². The summed E-state index contributed by atoms with van der Waals surface area (Å²) in [4.78, 5) is 34.2. The number of aromatic nitrogens is 3. The molecule has 1 aliphatic rings. The number of nitrogens with zero attached hydrogens (tertiary/aromatic N) is 3. The summed E-state index contributed by atoms with van der Waals surface area (Å²) in [6.45, 7) is 1.97. The average Bonchev–Trinajstić information content (AvgIpc) is 3.22. The molecule has 0 atom stereocenters. The molecule has 1 aliphatic carbocycles. The number of carbonyl (C=O) groups is 2. The molecule has 6 nitrogen and oxygen atoms in total. The highest BCUT2D eigenvalue weighted by molar-refractivity contribution is 6.39. The molecule has 0 spiro atoms. The number of aromatic amines is 1. The van der Waals surface area contributed by atoms with E-state index in [-0.39, 0.29) is 17.5 Å². The molecule has 1 heterocycles. The van der Waals surface area contributed by atoms with Gasteiger partial charge in [0.15, 0.2) is 11.6 Å². The zero-order valence-electron chi connectivity index (χ0n) is 13.4. The molecule has 0 fully saturated rings. The maximum Gasteiger partial charge on any atom is 0.245 e. The van der Waals surface area contributed by atoms with Gasteiger partial charge in [0.2, 0.25) is 5.95 Å². The third-order valence-corrected chi connectivity index (χ3v) is 4.23. The van der Waals surface area contributed by atoms with Crippen molar-refractivity contribution in [2.75, 3.05) is 0 Å². The molecule has 2 aromatic carbocycles. The van der Waals surface area contributed by atoms with Crippen LogP contribution in [-0.4, -0.2) is 32.5 Å².